The molecule has 3 rings (SSSR count). The lowest BCUT2D eigenvalue weighted by Crippen LogP contribution is -2.30. The number of fused-ring (bicyclic) bond motifs is 1. The zero-order chi connectivity index (χ0) is 15.0. The Kier molecular flexibility index (Phi) is 3.10. The van der Waals surface area contributed by atoms with Crippen LogP contribution in [0, 0.1) is 0 Å². The normalized spacial score (nSPS) is 15.7. The molecular formula is C16H14N2O3. The molecule has 106 valence electrons. The van der Waals surface area contributed by atoms with E-state index < -0.39 is 5.97 Å². The minimum absolute atomic E-state index is 0.0326. The molecule has 0 radical (unpaired) electrons. The summed E-state index contributed by atoms with van der Waals surface area (Å²) in [4.78, 5) is 23.5. The van der Waals surface area contributed by atoms with E-state index in [1.54, 1.807) is 0 Å². The molecule has 21 heavy (non-hydrogen) atoms. The molecule has 0 bridgehead atoms. The number of carboxylic acids is 1. The van der Waals surface area contributed by atoms with Gasteiger partial charge in [0.15, 0.2) is 0 Å². The van der Waals surface area contributed by atoms with Gasteiger partial charge in [0, 0.05) is 5.69 Å². The van der Waals surface area contributed by atoms with Gasteiger partial charge in [-0.3, -0.25) is 4.79 Å². The number of aromatic carboxylic acids is 1. The fraction of sp³-hybridized carbons (Fsp3) is 0.125. The van der Waals surface area contributed by atoms with Crippen LogP contribution >= 0.6 is 0 Å². The molecule has 1 atom stereocenters. The molecule has 1 amide bonds. The predicted molar refractivity (Wildman–Crippen MR) is 79.3 cm³/mol. The number of nitrogens with two attached hydrogens (primary N) is 1. The predicted octanol–water partition coefficient (Wildman–Crippen LogP) is 2.25. The van der Waals surface area contributed by atoms with E-state index in [9.17, 15) is 9.59 Å². The summed E-state index contributed by atoms with van der Waals surface area (Å²) in [7, 11) is 0. The van der Waals surface area contributed by atoms with Gasteiger partial charge in [-0.2, -0.15) is 0 Å². The lowest BCUT2D eigenvalue weighted by atomic mass is 9.77. The average molecular weight is 282 g/mol. The number of carbonyl (C=O) groups excluding carboxylic acids is 1. The summed E-state index contributed by atoms with van der Waals surface area (Å²) >= 11 is 0. The van der Waals surface area contributed by atoms with E-state index in [-0.39, 0.29) is 23.1 Å². The standard InChI is InChI=1S/C16H14N2O3/c17-10-5-6-12(16(20)21)14(8-10)18-15(19)13-7-9-3-1-2-4-11(9)13/h1-6,8,13H,7,17H2,(H,18,19)(H,20,21). The molecule has 5 nitrogen and oxygen atoms in total. The minimum atomic E-state index is -1.10. The van der Waals surface area contributed by atoms with E-state index in [2.05, 4.69) is 5.32 Å². The number of nitrogen functional groups attached to an aromatic ring is 1. The van der Waals surface area contributed by atoms with Gasteiger partial charge in [-0.1, -0.05) is 24.3 Å². The van der Waals surface area contributed by atoms with Crippen molar-refractivity contribution in [2.24, 2.45) is 0 Å². The quantitative estimate of drug-likeness (QED) is 0.753. The number of nitrogens with one attached hydrogen (secondary N) is 1. The minimum Gasteiger partial charge on any atom is -0.478 e. The number of carboxylic acid groups (broad SMARTS) is 1. The van der Waals surface area contributed by atoms with Crippen LogP contribution in [0.2, 0.25) is 0 Å². The van der Waals surface area contributed by atoms with Crippen molar-refractivity contribution in [3.05, 3.63) is 59.2 Å². The SMILES string of the molecule is Nc1ccc(C(=O)O)c(NC(=O)C2Cc3ccccc32)c1. The molecule has 0 aromatic heterocycles. The van der Waals surface area contributed by atoms with Gasteiger partial charge in [-0.25, -0.2) is 4.79 Å². The van der Waals surface area contributed by atoms with Gasteiger partial charge in [-0.05, 0) is 35.7 Å². The number of anilines is 2. The van der Waals surface area contributed by atoms with Gasteiger partial charge in [0.25, 0.3) is 0 Å². The Morgan fingerprint density at radius 2 is 1.95 bits per heavy atom. The maximum absolute atomic E-state index is 12.3. The van der Waals surface area contributed by atoms with Crippen LogP contribution in [0.5, 0.6) is 0 Å². The number of rotatable bonds is 3. The van der Waals surface area contributed by atoms with E-state index in [1.165, 1.54) is 18.2 Å². The van der Waals surface area contributed by atoms with Gasteiger partial charge < -0.3 is 16.2 Å². The third-order valence-electron chi connectivity index (χ3n) is 3.70. The Labute approximate surface area is 121 Å². The third kappa shape index (κ3) is 2.33. The summed E-state index contributed by atoms with van der Waals surface area (Å²) in [6, 6.07) is 12.1. The highest BCUT2D eigenvalue weighted by molar-refractivity contribution is 6.04. The fourth-order valence-electron chi connectivity index (χ4n) is 2.56. The molecule has 0 heterocycles. The van der Waals surface area contributed by atoms with Gasteiger partial charge in [0.05, 0.1) is 17.2 Å². The Balaban J connectivity index is 1.84. The van der Waals surface area contributed by atoms with Crippen molar-refractivity contribution in [3.8, 4) is 0 Å². The maximum Gasteiger partial charge on any atom is 0.337 e. The van der Waals surface area contributed by atoms with Crippen LogP contribution in [0.15, 0.2) is 42.5 Å². The summed E-state index contributed by atoms with van der Waals surface area (Å²) in [6.07, 6.45) is 0.673. The zero-order valence-corrected chi connectivity index (χ0v) is 11.2. The van der Waals surface area contributed by atoms with Gasteiger partial charge >= 0.3 is 5.97 Å². The second-order valence-electron chi connectivity index (χ2n) is 5.05. The Morgan fingerprint density at radius 3 is 2.67 bits per heavy atom. The van der Waals surface area contributed by atoms with Crippen LogP contribution in [-0.2, 0) is 11.2 Å². The molecule has 0 aliphatic heterocycles. The first-order valence-corrected chi connectivity index (χ1v) is 6.58. The largest absolute Gasteiger partial charge is 0.478 e. The van der Waals surface area contributed by atoms with Crippen LogP contribution in [0.1, 0.15) is 27.4 Å². The Morgan fingerprint density at radius 1 is 1.19 bits per heavy atom. The van der Waals surface area contributed by atoms with E-state index >= 15 is 0 Å². The molecule has 2 aromatic carbocycles. The molecule has 1 aliphatic carbocycles. The highest BCUT2D eigenvalue weighted by Crippen LogP contribution is 2.36. The van der Waals surface area contributed by atoms with Crippen molar-refractivity contribution in [2.45, 2.75) is 12.3 Å². The maximum atomic E-state index is 12.3. The molecule has 0 fully saturated rings. The molecule has 5 heteroatoms. The first kappa shape index (κ1) is 13.2. The zero-order valence-electron chi connectivity index (χ0n) is 11.2. The Hall–Kier alpha value is -2.82. The first-order valence-electron chi connectivity index (χ1n) is 6.58. The summed E-state index contributed by atoms with van der Waals surface area (Å²) in [5.41, 5.74) is 8.48. The van der Waals surface area contributed by atoms with Crippen LogP contribution in [-0.4, -0.2) is 17.0 Å². The molecule has 1 unspecified atom stereocenters. The van der Waals surface area contributed by atoms with Crippen molar-refractivity contribution in [2.75, 3.05) is 11.1 Å². The van der Waals surface area contributed by atoms with E-state index in [0.717, 1.165) is 11.1 Å². The second kappa shape index (κ2) is 4.94. The summed E-state index contributed by atoms with van der Waals surface area (Å²) < 4.78 is 0. The number of hydrogen-bond acceptors (Lipinski definition) is 3. The van der Waals surface area contributed by atoms with E-state index in [0.29, 0.717) is 12.1 Å². The van der Waals surface area contributed by atoms with Crippen molar-refractivity contribution in [1.29, 1.82) is 0 Å². The number of hydrogen-bond donors (Lipinski definition) is 3. The lowest BCUT2D eigenvalue weighted by Gasteiger charge is -2.29. The van der Waals surface area contributed by atoms with Gasteiger partial charge in [0.2, 0.25) is 5.91 Å². The fourth-order valence-corrected chi connectivity index (χ4v) is 2.56. The van der Waals surface area contributed by atoms with Crippen LogP contribution in [0.25, 0.3) is 0 Å². The van der Waals surface area contributed by atoms with E-state index in [1.807, 2.05) is 24.3 Å². The highest BCUT2D eigenvalue weighted by atomic mass is 16.4. The Bertz CT molecular complexity index is 740. The van der Waals surface area contributed by atoms with Gasteiger partial charge in [0.1, 0.15) is 0 Å². The molecule has 0 spiro atoms. The monoisotopic (exact) mass is 282 g/mol. The smallest absolute Gasteiger partial charge is 0.337 e. The van der Waals surface area contributed by atoms with Crippen molar-refractivity contribution in [1.82, 2.24) is 0 Å². The van der Waals surface area contributed by atoms with Crippen molar-refractivity contribution < 1.29 is 14.7 Å². The summed E-state index contributed by atoms with van der Waals surface area (Å²) in [5, 5.41) is 11.8. The lowest BCUT2D eigenvalue weighted by molar-refractivity contribution is -0.118. The van der Waals surface area contributed by atoms with Crippen LogP contribution < -0.4 is 11.1 Å². The molecule has 2 aromatic rings. The number of amides is 1. The molecule has 4 N–H and O–H groups in total. The van der Waals surface area contributed by atoms with Crippen LogP contribution in [0.3, 0.4) is 0 Å². The molecular weight excluding hydrogens is 268 g/mol. The summed E-state index contributed by atoms with van der Waals surface area (Å²) in [5.74, 6) is -1.54. The number of benzene rings is 2. The molecule has 0 saturated carbocycles. The van der Waals surface area contributed by atoms with Crippen molar-refractivity contribution >= 4 is 23.3 Å². The topological polar surface area (TPSA) is 92.4 Å². The molecule has 0 saturated heterocycles. The average Bonchev–Trinajstić information content (AvgIpc) is 2.40. The second-order valence-corrected chi connectivity index (χ2v) is 5.05. The van der Waals surface area contributed by atoms with Crippen molar-refractivity contribution in [3.63, 3.8) is 0 Å². The number of carbonyl (C=O) groups is 2. The first-order chi connectivity index (χ1) is 10.1. The highest BCUT2D eigenvalue weighted by Gasteiger charge is 2.32. The summed E-state index contributed by atoms with van der Waals surface area (Å²) in [6.45, 7) is 0. The van der Waals surface area contributed by atoms with Crippen LogP contribution in [0.4, 0.5) is 11.4 Å². The van der Waals surface area contributed by atoms with Gasteiger partial charge in [-0.15, -0.1) is 0 Å². The third-order valence-corrected chi connectivity index (χ3v) is 3.70. The van der Waals surface area contributed by atoms with E-state index in [4.69, 9.17) is 10.8 Å². The molecule has 1 aliphatic rings.